The molecular formula is C20H19FN4O5S2. The minimum absolute atomic E-state index is 0.0627. The molecule has 4 rings (SSSR count). The van der Waals surface area contributed by atoms with Crippen LogP contribution < -0.4 is 4.80 Å². The number of amides is 1. The van der Waals surface area contributed by atoms with Crippen LogP contribution in [0.2, 0.25) is 0 Å². The molecule has 12 heteroatoms. The lowest BCUT2D eigenvalue weighted by Crippen LogP contribution is -2.40. The summed E-state index contributed by atoms with van der Waals surface area (Å²) in [6.07, 6.45) is 0.823. The van der Waals surface area contributed by atoms with E-state index >= 15 is 0 Å². The molecule has 2 aromatic carbocycles. The first kappa shape index (κ1) is 22.2. The van der Waals surface area contributed by atoms with Gasteiger partial charge in [-0.25, -0.2) is 12.8 Å². The molecule has 1 saturated heterocycles. The molecule has 0 N–H and O–H groups in total. The number of rotatable bonds is 5. The van der Waals surface area contributed by atoms with Crippen molar-refractivity contribution in [3.63, 3.8) is 0 Å². The number of nitro benzene ring substituents is 1. The molecule has 1 amide bonds. The molecule has 1 unspecified atom stereocenters. The van der Waals surface area contributed by atoms with Crippen LogP contribution in [0.5, 0.6) is 0 Å². The van der Waals surface area contributed by atoms with Gasteiger partial charge in [-0.05, 0) is 50.1 Å². The van der Waals surface area contributed by atoms with E-state index in [4.69, 9.17) is 0 Å². The lowest BCUT2D eigenvalue weighted by atomic mass is 10.2. The zero-order valence-corrected chi connectivity index (χ0v) is 18.6. The summed E-state index contributed by atoms with van der Waals surface area (Å²) >= 11 is 1.14. The molecule has 0 radical (unpaired) electrons. The molecule has 3 aromatic rings. The van der Waals surface area contributed by atoms with Gasteiger partial charge in [0.2, 0.25) is 10.0 Å². The van der Waals surface area contributed by atoms with E-state index in [9.17, 15) is 27.7 Å². The molecule has 9 nitrogen and oxygen atoms in total. The van der Waals surface area contributed by atoms with Crippen molar-refractivity contribution in [2.45, 2.75) is 37.2 Å². The van der Waals surface area contributed by atoms with E-state index in [0.29, 0.717) is 34.4 Å². The molecule has 32 heavy (non-hydrogen) atoms. The van der Waals surface area contributed by atoms with Gasteiger partial charge < -0.3 is 4.57 Å². The van der Waals surface area contributed by atoms with Gasteiger partial charge in [0.15, 0.2) is 4.80 Å². The van der Waals surface area contributed by atoms with Gasteiger partial charge in [0.05, 0.1) is 20.0 Å². The van der Waals surface area contributed by atoms with Crippen molar-refractivity contribution < 1.29 is 22.5 Å². The molecule has 0 aliphatic carbocycles. The second-order valence-corrected chi connectivity index (χ2v) is 10.1. The summed E-state index contributed by atoms with van der Waals surface area (Å²) in [5.74, 6) is -1.15. The molecule has 1 aliphatic heterocycles. The van der Waals surface area contributed by atoms with E-state index in [1.807, 2.05) is 6.92 Å². The summed E-state index contributed by atoms with van der Waals surface area (Å²) in [5, 5.41) is 11.1. The number of nitrogens with zero attached hydrogens (tertiary/aromatic N) is 4. The first-order valence-corrected chi connectivity index (χ1v) is 12.1. The Labute approximate surface area is 186 Å². The minimum Gasteiger partial charge on any atom is -0.317 e. The van der Waals surface area contributed by atoms with Crippen molar-refractivity contribution in [2.75, 3.05) is 6.54 Å². The number of carbonyl (C=O) groups is 1. The number of hydrogen-bond acceptors (Lipinski definition) is 6. The third-order valence-electron chi connectivity index (χ3n) is 5.31. The third-order valence-corrected chi connectivity index (χ3v) is 8.27. The molecular weight excluding hydrogens is 459 g/mol. The summed E-state index contributed by atoms with van der Waals surface area (Å²) in [6.45, 7) is 2.50. The Morgan fingerprint density at radius 1 is 1.28 bits per heavy atom. The molecule has 1 aromatic heterocycles. The Bertz CT molecular complexity index is 1380. The summed E-state index contributed by atoms with van der Waals surface area (Å²) in [4.78, 5) is 28.1. The van der Waals surface area contributed by atoms with Gasteiger partial charge in [-0.15, -0.1) is 0 Å². The number of nitro groups is 1. The SMILES string of the molecule is CCn1c(=NC(=O)C2CCCN2S(=O)(=O)c2ccc(F)cc2)sc2cc([N+](=O)[O-])ccc21. The number of halogens is 1. The maximum absolute atomic E-state index is 13.2. The van der Waals surface area contributed by atoms with Crippen LogP contribution in [-0.2, 0) is 21.4 Å². The number of sulfonamides is 1. The molecule has 0 spiro atoms. The van der Waals surface area contributed by atoms with Crippen molar-refractivity contribution in [1.29, 1.82) is 0 Å². The Hall–Kier alpha value is -2.96. The summed E-state index contributed by atoms with van der Waals surface area (Å²) in [6, 6.07) is 7.93. The predicted molar refractivity (Wildman–Crippen MR) is 116 cm³/mol. The van der Waals surface area contributed by atoms with E-state index in [-0.39, 0.29) is 17.1 Å². The van der Waals surface area contributed by atoms with E-state index < -0.39 is 32.7 Å². The maximum atomic E-state index is 13.2. The van der Waals surface area contributed by atoms with Crippen LogP contribution in [-0.4, -0.2) is 40.7 Å². The minimum atomic E-state index is -3.99. The Morgan fingerprint density at radius 3 is 2.66 bits per heavy atom. The summed E-state index contributed by atoms with van der Waals surface area (Å²) < 4.78 is 42.7. The first-order valence-electron chi connectivity index (χ1n) is 9.86. The molecule has 2 heterocycles. The maximum Gasteiger partial charge on any atom is 0.270 e. The molecule has 0 saturated carbocycles. The quantitative estimate of drug-likeness (QED) is 0.413. The Kier molecular flexibility index (Phi) is 5.93. The lowest BCUT2D eigenvalue weighted by Gasteiger charge is -2.21. The highest BCUT2D eigenvalue weighted by molar-refractivity contribution is 7.89. The fraction of sp³-hybridized carbons (Fsp3) is 0.300. The third kappa shape index (κ3) is 3.96. The fourth-order valence-electron chi connectivity index (χ4n) is 3.75. The molecule has 1 atom stereocenters. The zero-order chi connectivity index (χ0) is 23.0. The number of non-ortho nitro benzene ring substituents is 1. The first-order chi connectivity index (χ1) is 15.2. The number of thiazole rings is 1. The highest BCUT2D eigenvalue weighted by Crippen LogP contribution is 2.27. The van der Waals surface area contributed by atoms with Crippen molar-refractivity contribution in [3.05, 3.63) is 63.2 Å². The van der Waals surface area contributed by atoms with Gasteiger partial charge in [-0.2, -0.15) is 9.30 Å². The van der Waals surface area contributed by atoms with Crippen LogP contribution in [0.3, 0.4) is 0 Å². The Balaban J connectivity index is 1.71. The molecule has 168 valence electrons. The van der Waals surface area contributed by atoms with Crippen LogP contribution >= 0.6 is 11.3 Å². The van der Waals surface area contributed by atoms with Crippen molar-refractivity contribution in [1.82, 2.24) is 8.87 Å². The van der Waals surface area contributed by atoms with Gasteiger partial charge in [0.25, 0.3) is 11.6 Å². The largest absolute Gasteiger partial charge is 0.317 e. The van der Waals surface area contributed by atoms with Crippen molar-refractivity contribution in [3.8, 4) is 0 Å². The molecule has 0 bridgehead atoms. The number of aromatic nitrogens is 1. The highest BCUT2D eigenvalue weighted by atomic mass is 32.2. The number of fused-ring (bicyclic) bond motifs is 1. The standard InChI is InChI=1S/C20H19FN4O5S2/c1-2-23-16-10-7-14(25(27)28)12-18(16)31-20(23)22-19(26)17-4-3-11-24(17)32(29,30)15-8-5-13(21)6-9-15/h5-10,12,17H,2-4,11H2,1H3. The van der Waals surface area contributed by atoms with Crippen molar-refractivity contribution >= 4 is 43.2 Å². The predicted octanol–water partition coefficient (Wildman–Crippen LogP) is 3.05. The van der Waals surface area contributed by atoms with E-state index in [2.05, 4.69) is 4.99 Å². The highest BCUT2D eigenvalue weighted by Gasteiger charge is 2.39. The normalized spacial score (nSPS) is 17.8. The average molecular weight is 479 g/mol. The van der Waals surface area contributed by atoms with Gasteiger partial charge in [0, 0.05) is 25.2 Å². The van der Waals surface area contributed by atoms with E-state index in [1.54, 1.807) is 10.6 Å². The molecule has 1 fully saturated rings. The van der Waals surface area contributed by atoms with Gasteiger partial charge >= 0.3 is 0 Å². The van der Waals surface area contributed by atoms with Gasteiger partial charge in [0.1, 0.15) is 11.9 Å². The van der Waals surface area contributed by atoms with Gasteiger partial charge in [-0.1, -0.05) is 11.3 Å². The summed E-state index contributed by atoms with van der Waals surface area (Å²) in [5.41, 5.74) is 0.643. The van der Waals surface area contributed by atoms with Crippen LogP contribution in [0.1, 0.15) is 19.8 Å². The molecule has 1 aliphatic rings. The number of benzene rings is 2. The van der Waals surface area contributed by atoms with E-state index in [1.165, 1.54) is 24.3 Å². The van der Waals surface area contributed by atoms with E-state index in [0.717, 1.165) is 27.8 Å². The number of carbonyl (C=O) groups excluding carboxylic acids is 1. The van der Waals surface area contributed by atoms with Crippen LogP contribution in [0.25, 0.3) is 10.2 Å². The number of hydrogen-bond donors (Lipinski definition) is 0. The van der Waals surface area contributed by atoms with Crippen LogP contribution in [0.4, 0.5) is 10.1 Å². The second-order valence-electron chi connectivity index (χ2n) is 7.22. The monoisotopic (exact) mass is 478 g/mol. The topological polar surface area (TPSA) is 115 Å². The Morgan fingerprint density at radius 2 is 2.00 bits per heavy atom. The van der Waals surface area contributed by atoms with Gasteiger partial charge in [-0.3, -0.25) is 14.9 Å². The second kappa shape index (κ2) is 8.52. The number of aryl methyl sites for hydroxylation is 1. The lowest BCUT2D eigenvalue weighted by molar-refractivity contribution is -0.384. The van der Waals surface area contributed by atoms with Crippen LogP contribution in [0.15, 0.2) is 52.4 Å². The fourth-order valence-corrected chi connectivity index (χ4v) is 6.54. The summed E-state index contributed by atoms with van der Waals surface area (Å²) in [7, 11) is -3.99. The van der Waals surface area contributed by atoms with Crippen molar-refractivity contribution in [2.24, 2.45) is 4.99 Å². The zero-order valence-electron chi connectivity index (χ0n) is 17.0. The smallest absolute Gasteiger partial charge is 0.270 e. The average Bonchev–Trinajstić information content (AvgIpc) is 3.38. The van der Waals surface area contributed by atoms with Crippen LogP contribution in [0, 0.1) is 15.9 Å².